The van der Waals surface area contributed by atoms with Crippen molar-refractivity contribution in [1.29, 1.82) is 0 Å². The molecule has 110 valence electrons. The molecule has 1 aliphatic carbocycles. The zero-order valence-electron chi connectivity index (χ0n) is 12.8. The van der Waals surface area contributed by atoms with Crippen LogP contribution in [0.5, 0.6) is 0 Å². The molecule has 1 N–H and O–H groups in total. The Morgan fingerprint density at radius 3 is 2.60 bits per heavy atom. The van der Waals surface area contributed by atoms with E-state index in [1.165, 1.54) is 29.8 Å². The van der Waals surface area contributed by atoms with Crippen LogP contribution in [0.3, 0.4) is 0 Å². The molecule has 2 aliphatic rings. The van der Waals surface area contributed by atoms with Crippen molar-refractivity contribution < 1.29 is 4.74 Å². The number of hydrogen-bond acceptors (Lipinski definition) is 4. The molecule has 0 saturated heterocycles. The van der Waals surface area contributed by atoms with Gasteiger partial charge in [-0.1, -0.05) is 13.8 Å². The van der Waals surface area contributed by atoms with Crippen molar-refractivity contribution in [3.8, 4) is 0 Å². The highest BCUT2D eigenvalue weighted by molar-refractivity contribution is 5.32. The van der Waals surface area contributed by atoms with Crippen LogP contribution in [0.15, 0.2) is 0 Å². The Labute approximate surface area is 121 Å². The maximum Gasteiger partial charge on any atom is 0.160 e. The summed E-state index contributed by atoms with van der Waals surface area (Å²) in [7, 11) is 0. The van der Waals surface area contributed by atoms with Gasteiger partial charge in [0.1, 0.15) is 5.60 Å². The van der Waals surface area contributed by atoms with Gasteiger partial charge >= 0.3 is 0 Å². The summed E-state index contributed by atoms with van der Waals surface area (Å²) in [6.07, 6.45) is 4.56. The van der Waals surface area contributed by atoms with Gasteiger partial charge in [-0.15, -0.1) is 0 Å². The van der Waals surface area contributed by atoms with Crippen LogP contribution < -0.4 is 5.32 Å². The molecule has 0 spiro atoms. The standard InChI is InChI=1S/C16H25N3O/c1-4-20-16(7-5-6-8-16)15-18-13-10-17-9-12(13)14(19-15)11(2)3/h11,17H,4-10H2,1-3H3. The fraction of sp³-hybridized carbons (Fsp3) is 0.750. The summed E-state index contributed by atoms with van der Waals surface area (Å²) in [4.78, 5) is 9.81. The van der Waals surface area contributed by atoms with Gasteiger partial charge in [-0.25, -0.2) is 9.97 Å². The van der Waals surface area contributed by atoms with Gasteiger partial charge in [-0.3, -0.25) is 0 Å². The minimum Gasteiger partial charge on any atom is -0.367 e. The molecule has 1 fully saturated rings. The Kier molecular flexibility index (Phi) is 3.78. The SMILES string of the molecule is CCOC1(c2nc3c(c(C(C)C)n2)CNC3)CCCC1. The first-order valence-electron chi connectivity index (χ1n) is 7.91. The maximum atomic E-state index is 6.13. The number of nitrogens with one attached hydrogen (secondary N) is 1. The first kappa shape index (κ1) is 14.0. The lowest BCUT2D eigenvalue weighted by Gasteiger charge is -2.28. The zero-order chi connectivity index (χ0) is 14.2. The number of aromatic nitrogens is 2. The third kappa shape index (κ3) is 2.25. The van der Waals surface area contributed by atoms with Gasteiger partial charge in [-0.2, -0.15) is 0 Å². The molecule has 3 rings (SSSR count). The highest BCUT2D eigenvalue weighted by Gasteiger charge is 2.40. The fourth-order valence-electron chi connectivity index (χ4n) is 3.53. The molecule has 0 amide bonds. The smallest absolute Gasteiger partial charge is 0.160 e. The molecule has 20 heavy (non-hydrogen) atoms. The third-order valence-corrected chi connectivity index (χ3v) is 4.51. The summed E-state index contributed by atoms with van der Waals surface area (Å²) in [6.45, 7) is 9.00. The number of fused-ring (bicyclic) bond motifs is 1. The predicted molar refractivity (Wildman–Crippen MR) is 78.4 cm³/mol. The van der Waals surface area contributed by atoms with Crippen molar-refractivity contribution in [2.45, 2.75) is 71.1 Å². The van der Waals surface area contributed by atoms with E-state index >= 15 is 0 Å². The molecule has 1 saturated carbocycles. The highest BCUT2D eigenvalue weighted by Crippen LogP contribution is 2.41. The third-order valence-electron chi connectivity index (χ3n) is 4.51. The first-order chi connectivity index (χ1) is 9.66. The van der Waals surface area contributed by atoms with Crippen molar-refractivity contribution in [2.24, 2.45) is 0 Å². The normalized spacial score (nSPS) is 20.6. The van der Waals surface area contributed by atoms with Gasteiger partial charge in [0.05, 0.1) is 11.4 Å². The quantitative estimate of drug-likeness (QED) is 0.917. The van der Waals surface area contributed by atoms with Crippen LogP contribution in [0, 0.1) is 0 Å². The van der Waals surface area contributed by atoms with E-state index in [4.69, 9.17) is 14.7 Å². The van der Waals surface area contributed by atoms with Gasteiger partial charge in [0.2, 0.25) is 0 Å². The number of ether oxygens (including phenoxy) is 1. The molecule has 1 aromatic rings. The Hall–Kier alpha value is -1.00. The highest BCUT2D eigenvalue weighted by atomic mass is 16.5. The summed E-state index contributed by atoms with van der Waals surface area (Å²) in [6, 6.07) is 0. The minimum absolute atomic E-state index is 0.226. The number of rotatable bonds is 4. The van der Waals surface area contributed by atoms with Crippen molar-refractivity contribution in [1.82, 2.24) is 15.3 Å². The van der Waals surface area contributed by atoms with Crippen molar-refractivity contribution in [3.05, 3.63) is 22.8 Å². The van der Waals surface area contributed by atoms with Crippen LogP contribution in [0.25, 0.3) is 0 Å². The lowest BCUT2D eigenvalue weighted by molar-refractivity contribution is -0.0460. The Bertz CT molecular complexity index is 493. The molecule has 4 nitrogen and oxygen atoms in total. The molecule has 2 heterocycles. The number of nitrogens with zero attached hydrogens (tertiary/aromatic N) is 2. The fourth-order valence-corrected chi connectivity index (χ4v) is 3.53. The summed E-state index contributed by atoms with van der Waals surface area (Å²) in [5.74, 6) is 1.37. The molecule has 1 aromatic heterocycles. The molecule has 4 heteroatoms. The zero-order valence-corrected chi connectivity index (χ0v) is 12.8. The summed E-state index contributed by atoms with van der Waals surface area (Å²) < 4.78 is 6.13. The molecular formula is C16H25N3O. The second kappa shape index (κ2) is 5.41. The van der Waals surface area contributed by atoms with Crippen molar-refractivity contribution in [2.75, 3.05) is 6.61 Å². The molecule has 1 aliphatic heterocycles. The van der Waals surface area contributed by atoms with Crippen LogP contribution in [0.1, 0.15) is 75.1 Å². The van der Waals surface area contributed by atoms with E-state index in [0.717, 1.165) is 38.4 Å². The number of hydrogen-bond donors (Lipinski definition) is 1. The van der Waals surface area contributed by atoms with E-state index in [1.807, 2.05) is 0 Å². The van der Waals surface area contributed by atoms with Crippen LogP contribution in [0.4, 0.5) is 0 Å². The van der Waals surface area contributed by atoms with E-state index in [-0.39, 0.29) is 5.60 Å². The van der Waals surface area contributed by atoms with Crippen LogP contribution >= 0.6 is 0 Å². The van der Waals surface area contributed by atoms with E-state index in [1.54, 1.807) is 0 Å². The average molecular weight is 275 g/mol. The molecule has 0 aromatic carbocycles. The van der Waals surface area contributed by atoms with Crippen LogP contribution in [-0.4, -0.2) is 16.6 Å². The van der Waals surface area contributed by atoms with E-state index in [0.29, 0.717) is 5.92 Å². The molecular weight excluding hydrogens is 250 g/mol. The van der Waals surface area contributed by atoms with Gasteiger partial charge in [-0.05, 0) is 38.5 Å². The van der Waals surface area contributed by atoms with Gasteiger partial charge in [0, 0.05) is 25.3 Å². The molecule has 0 atom stereocenters. The van der Waals surface area contributed by atoms with E-state index < -0.39 is 0 Å². The second-order valence-electron chi connectivity index (χ2n) is 6.25. The van der Waals surface area contributed by atoms with Crippen molar-refractivity contribution >= 4 is 0 Å². The van der Waals surface area contributed by atoms with E-state index in [9.17, 15) is 0 Å². The maximum absolute atomic E-state index is 6.13. The summed E-state index contributed by atoms with van der Waals surface area (Å²) >= 11 is 0. The Morgan fingerprint density at radius 2 is 1.95 bits per heavy atom. The summed E-state index contributed by atoms with van der Waals surface area (Å²) in [5.41, 5.74) is 3.48. The van der Waals surface area contributed by atoms with Gasteiger partial charge in [0.15, 0.2) is 5.82 Å². The van der Waals surface area contributed by atoms with E-state index in [2.05, 4.69) is 26.1 Å². The Balaban J connectivity index is 2.07. The van der Waals surface area contributed by atoms with Gasteiger partial charge < -0.3 is 10.1 Å². The summed E-state index contributed by atoms with van der Waals surface area (Å²) in [5, 5.41) is 3.40. The topological polar surface area (TPSA) is 47.0 Å². The van der Waals surface area contributed by atoms with Crippen LogP contribution in [0.2, 0.25) is 0 Å². The molecule has 0 bridgehead atoms. The van der Waals surface area contributed by atoms with Crippen LogP contribution in [-0.2, 0) is 23.4 Å². The molecule has 0 radical (unpaired) electrons. The first-order valence-corrected chi connectivity index (χ1v) is 7.91. The largest absolute Gasteiger partial charge is 0.367 e. The second-order valence-corrected chi connectivity index (χ2v) is 6.25. The van der Waals surface area contributed by atoms with Crippen molar-refractivity contribution in [3.63, 3.8) is 0 Å². The van der Waals surface area contributed by atoms with Gasteiger partial charge in [0.25, 0.3) is 0 Å². The lowest BCUT2D eigenvalue weighted by Crippen LogP contribution is -2.30. The molecule has 0 unspecified atom stereocenters. The predicted octanol–water partition coefficient (Wildman–Crippen LogP) is 3.01. The average Bonchev–Trinajstić information content (AvgIpc) is 3.06. The minimum atomic E-state index is -0.226. The lowest BCUT2D eigenvalue weighted by atomic mass is 9.98. The monoisotopic (exact) mass is 275 g/mol. The Morgan fingerprint density at radius 1 is 1.20 bits per heavy atom.